The van der Waals surface area contributed by atoms with Gasteiger partial charge in [0.2, 0.25) is 5.75 Å². The van der Waals surface area contributed by atoms with Crippen molar-refractivity contribution in [3.05, 3.63) is 77.1 Å². The Labute approximate surface area is 155 Å². The summed E-state index contributed by atoms with van der Waals surface area (Å²) in [6.45, 7) is 2.05. The van der Waals surface area contributed by atoms with Gasteiger partial charge in [0.15, 0.2) is 11.6 Å². The summed E-state index contributed by atoms with van der Waals surface area (Å²) < 4.78 is 46.6. The van der Waals surface area contributed by atoms with Crippen LogP contribution in [0, 0.1) is 17.5 Å². The number of fused-ring (bicyclic) bond motifs is 1. The molecular formula is C22H19F3O2. The van der Waals surface area contributed by atoms with Gasteiger partial charge >= 0.3 is 5.97 Å². The Bertz CT molecular complexity index is 959. The SMILES string of the molecule is CCCCCc1cc(F)c(OC(=O)c2ccc3cc(F)ccc3c2)c(F)c1. The van der Waals surface area contributed by atoms with Crippen molar-refractivity contribution in [2.75, 3.05) is 0 Å². The zero-order valence-electron chi connectivity index (χ0n) is 14.9. The first-order valence-corrected chi connectivity index (χ1v) is 8.87. The zero-order chi connectivity index (χ0) is 19.4. The molecule has 0 unspecified atom stereocenters. The van der Waals surface area contributed by atoms with E-state index in [2.05, 4.69) is 0 Å². The van der Waals surface area contributed by atoms with Gasteiger partial charge in [-0.15, -0.1) is 0 Å². The average molecular weight is 372 g/mol. The highest BCUT2D eigenvalue weighted by molar-refractivity contribution is 5.96. The summed E-state index contributed by atoms with van der Waals surface area (Å²) in [5.41, 5.74) is 0.658. The van der Waals surface area contributed by atoms with Crippen LogP contribution in [0.25, 0.3) is 10.8 Å². The number of esters is 1. The summed E-state index contributed by atoms with van der Waals surface area (Å²) in [6, 6.07) is 11.0. The van der Waals surface area contributed by atoms with Crippen LogP contribution in [0.5, 0.6) is 5.75 Å². The number of halogens is 3. The number of rotatable bonds is 6. The van der Waals surface area contributed by atoms with Gasteiger partial charge in [0.25, 0.3) is 0 Å². The quantitative estimate of drug-likeness (QED) is 0.292. The molecule has 3 aromatic rings. The first kappa shape index (κ1) is 19.0. The molecule has 0 saturated heterocycles. The molecule has 0 radical (unpaired) electrons. The number of unbranched alkanes of at least 4 members (excludes halogenated alkanes) is 2. The van der Waals surface area contributed by atoms with E-state index in [1.54, 1.807) is 6.07 Å². The predicted molar refractivity (Wildman–Crippen MR) is 98.5 cm³/mol. The van der Waals surface area contributed by atoms with Crippen molar-refractivity contribution in [1.82, 2.24) is 0 Å². The van der Waals surface area contributed by atoms with E-state index in [0.717, 1.165) is 19.3 Å². The molecule has 0 aromatic heterocycles. The van der Waals surface area contributed by atoms with Gasteiger partial charge in [-0.2, -0.15) is 0 Å². The van der Waals surface area contributed by atoms with Crippen LogP contribution >= 0.6 is 0 Å². The van der Waals surface area contributed by atoms with Gasteiger partial charge in [-0.25, -0.2) is 18.0 Å². The number of hydrogen-bond donors (Lipinski definition) is 0. The molecule has 0 fully saturated rings. The van der Waals surface area contributed by atoms with Crippen molar-refractivity contribution in [3.63, 3.8) is 0 Å². The van der Waals surface area contributed by atoms with Gasteiger partial charge in [-0.1, -0.05) is 31.9 Å². The smallest absolute Gasteiger partial charge is 0.343 e. The maximum Gasteiger partial charge on any atom is 0.343 e. The van der Waals surface area contributed by atoms with Crippen LogP contribution in [0.4, 0.5) is 13.2 Å². The van der Waals surface area contributed by atoms with Gasteiger partial charge in [0.1, 0.15) is 5.82 Å². The fraction of sp³-hybridized carbons (Fsp3) is 0.227. The number of carbonyl (C=O) groups excluding carboxylic acids is 1. The fourth-order valence-electron chi connectivity index (χ4n) is 2.93. The van der Waals surface area contributed by atoms with Crippen molar-refractivity contribution >= 4 is 16.7 Å². The standard InChI is InChI=1S/C22H19F3O2/c1-2-3-4-5-14-10-19(24)21(20(25)11-14)27-22(26)17-7-6-16-13-18(23)9-8-15(16)12-17/h6-13H,2-5H2,1H3. The van der Waals surface area contributed by atoms with Crippen molar-refractivity contribution in [2.45, 2.75) is 32.6 Å². The molecule has 5 heteroatoms. The molecule has 0 atom stereocenters. The second kappa shape index (κ2) is 8.25. The Morgan fingerprint density at radius 1 is 0.889 bits per heavy atom. The number of aryl methyl sites for hydroxylation is 1. The molecule has 140 valence electrons. The van der Waals surface area contributed by atoms with E-state index >= 15 is 0 Å². The molecule has 0 heterocycles. The van der Waals surface area contributed by atoms with Crippen LogP contribution in [0.2, 0.25) is 0 Å². The second-order valence-electron chi connectivity index (χ2n) is 6.44. The molecular weight excluding hydrogens is 353 g/mol. The number of benzene rings is 3. The van der Waals surface area contributed by atoms with Crippen LogP contribution in [0.3, 0.4) is 0 Å². The summed E-state index contributed by atoms with van der Waals surface area (Å²) in [7, 11) is 0. The zero-order valence-corrected chi connectivity index (χ0v) is 14.9. The first-order chi connectivity index (χ1) is 13.0. The van der Waals surface area contributed by atoms with Crippen molar-refractivity contribution in [2.24, 2.45) is 0 Å². The van der Waals surface area contributed by atoms with Gasteiger partial charge in [0.05, 0.1) is 5.56 Å². The molecule has 0 aliphatic heterocycles. The topological polar surface area (TPSA) is 26.3 Å². The van der Waals surface area contributed by atoms with E-state index < -0.39 is 23.4 Å². The third kappa shape index (κ3) is 4.48. The fourth-order valence-corrected chi connectivity index (χ4v) is 2.93. The maximum absolute atomic E-state index is 14.2. The average Bonchev–Trinajstić information content (AvgIpc) is 2.64. The minimum atomic E-state index is -0.905. The monoisotopic (exact) mass is 372 g/mol. The Morgan fingerprint density at radius 2 is 1.56 bits per heavy atom. The third-order valence-electron chi connectivity index (χ3n) is 4.36. The lowest BCUT2D eigenvalue weighted by molar-refractivity contribution is 0.0720. The van der Waals surface area contributed by atoms with Gasteiger partial charge in [-0.05, 0) is 65.6 Å². The third-order valence-corrected chi connectivity index (χ3v) is 4.36. The number of hydrogen-bond acceptors (Lipinski definition) is 2. The van der Waals surface area contributed by atoms with Crippen LogP contribution < -0.4 is 4.74 Å². The van der Waals surface area contributed by atoms with E-state index in [-0.39, 0.29) is 11.4 Å². The lowest BCUT2D eigenvalue weighted by Crippen LogP contribution is -2.11. The van der Waals surface area contributed by atoms with Crippen LogP contribution in [-0.2, 0) is 6.42 Å². The van der Waals surface area contributed by atoms with Crippen LogP contribution in [-0.4, -0.2) is 5.97 Å². The molecule has 0 bridgehead atoms. The van der Waals surface area contributed by atoms with E-state index in [1.807, 2.05) is 6.92 Å². The van der Waals surface area contributed by atoms with E-state index in [4.69, 9.17) is 4.74 Å². The molecule has 3 aromatic carbocycles. The Balaban J connectivity index is 1.80. The summed E-state index contributed by atoms with van der Waals surface area (Å²) in [5, 5.41) is 1.23. The van der Waals surface area contributed by atoms with Gasteiger partial charge in [-0.3, -0.25) is 0 Å². The minimum Gasteiger partial charge on any atom is -0.417 e. The molecule has 0 amide bonds. The molecule has 3 rings (SSSR count). The van der Waals surface area contributed by atoms with E-state index in [0.29, 0.717) is 22.8 Å². The Hall–Kier alpha value is -2.82. The number of carbonyl (C=O) groups is 1. The number of ether oxygens (including phenoxy) is 1. The lowest BCUT2D eigenvalue weighted by Gasteiger charge is -2.09. The van der Waals surface area contributed by atoms with Crippen molar-refractivity contribution in [1.29, 1.82) is 0 Å². The summed E-state index contributed by atoms with van der Waals surface area (Å²) >= 11 is 0. The van der Waals surface area contributed by atoms with Crippen molar-refractivity contribution in [3.8, 4) is 5.75 Å². The molecule has 0 spiro atoms. The largest absolute Gasteiger partial charge is 0.417 e. The second-order valence-corrected chi connectivity index (χ2v) is 6.44. The van der Waals surface area contributed by atoms with Crippen molar-refractivity contribution < 1.29 is 22.7 Å². The minimum absolute atomic E-state index is 0.125. The highest BCUT2D eigenvalue weighted by Crippen LogP contribution is 2.26. The molecule has 2 nitrogen and oxygen atoms in total. The van der Waals surface area contributed by atoms with Gasteiger partial charge < -0.3 is 4.74 Å². The Morgan fingerprint density at radius 3 is 2.26 bits per heavy atom. The summed E-state index contributed by atoms with van der Waals surface area (Å²) in [4.78, 5) is 12.3. The predicted octanol–water partition coefficient (Wildman–Crippen LogP) is 6.21. The molecule has 27 heavy (non-hydrogen) atoms. The molecule has 0 N–H and O–H groups in total. The van der Waals surface area contributed by atoms with Crippen LogP contribution in [0.1, 0.15) is 42.1 Å². The lowest BCUT2D eigenvalue weighted by atomic mass is 10.1. The highest BCUT2D eigenvalue weighted by atomic mass is 19.1. The molecule has 0 aliphatic carbocycles. The van der Waals surface area contributed by atoms with E-state index in [9.17, 15) is 18.0 Å². The molecule has 0 saturated carbocycles. The highest BCUT2D eigenvalue weighted by Gasteiger charge is 2.18. The van der Waals surface area contributed by atoms with Crippen LogP contribution in [0.15, 0.2) is 48.5 Å². The van der Waals surface area contributed by atoms with Gasteiger partial charge in [0, 0.05) is 0 Å². The Kier molecular flexibility index (Phi) is 5.79. The summed E-state index contributed by atoms with van der Waals surface area (Å²) in [6.07, 6.45) is 3.40. The normalized spacial score (nSPS) is 11.0. The first-order valence-electron chi connectivity index (χ1n) is 8.87. The maximum atomic E-state index is 14.2. The van der Waals surface area contributed by atoms with E-state index in [1.165, 1.54) is 42.5 Å². The molecule has 0 aliphatic rings. The summed E-state index contributed by atoms with van der Waals surface area (Å²) in [5.74, 6) is -3.78.